The lowest BCUT2D eigenvalue weighted by Crippen LogP contribution is -2.64. The number of hydrogen-bond donors (Lipinski definition) is 8. The Bertz CT molecular complexity index is 2300. The second-order valence-corrected chi connectivity index (χ2v) is 16.6. The molecule has 0 spiro atoms. The summed E-state index contributed by atoms with van der Waals surface area (Å²) in [7, 11) is 0. The molecule has 59 heavy (non-hydrogen) atoms. The fraction of sp³-hybridized carbons (Fsp3) is 0.356. The van der Waals surface area contributed by atoms with E-state index in [0.29, 0.717) is 39.0 Å². The Morgan fingerprint density at radius 2 is 1.19 bits per heavy atom. The zero-order chi connectivity index (χ0) is 41.4. The van der Waals surface area contributed by atoms with Gasteiger partial charge in [-0.1, -0.05) is 91.0 Å². The quantitative estimate of drug-likeness (QED) is 0.0782. The third-order valence-corrected chi connectivity index (χ3v) is 12.6. The third kappa shape index (κ3) is 9.80. The predicted octanol–water partition coefficient (Wildman–Crippen LogP) is 2.94. The lowest BCUT2D eigenvalue weighted by atomic mass is 9.87. The molecule has 2 fully saturated rings. The van der Waals surface area contributed by atoms with Gasteiger partial charge in [0, 0.05) is 24.0 Å². The maximum atomic E-state index is 14.8. The summed E-state index contributed by atoms with van der Waals surface area (Å²) in [6, 6.07) is 27.0. The van der Waals surface area contributed by atoms with Gasteiger partial charge in [0.05, 0.1) is 5.54 Å². The van der Waals surface area contributed by atoms with Crippen LogP contribution in [0.15, 0.2) is 102 Å². The number of rotatable bonds is 15. The van der Waals surface area contributed by atoms with Crippen molar-refractivity contribution >= 4 is 61.8 Å². The van der Waals surface area contributed by atoms with Gasteiger partial charge in [0.1, 0.15) is 23.7 Å². The van der Waals surface area contributed by atoms with E-state index in [4.69, 9.17) is 5.73 Å². The zero-order valence-electron chi connectivity index (χ0n) is 32.8. The fourth-order valence-electron chi connectivity index (χ4n) is 8.09. The summed E-state index contributed by atoms with van der Waals surface area (Å²) in [6.45, 7) is 1.93. The van der Waals surface area contributed by atoms with Crippen molar-refractivity contribution in [3.8, 4) is 0 Å². The number of nitrogens with two attached hydrogens (primary N) is 1. The molecule has 0 aliphatic carbocycles. The minimum absolute atomic E-state index is 0.0535. The number of carboxylic acid groups (broad SMARTS) is 1. The molecule has 0 radical (unpaired) electrons. The van der Waals surface area contributed by atoms with Crippen LogP contribution in [0.4, 0.5) is 0 Å². The SMILES string of the molecule is NC1(C(=O)N[C@@H](Cc2ccccc2)C(=O)N[C@H](Cc2cccc3ccccc23)C(=O)N[C@H](Cc2csc3ccccc23)C(=O)NC2(C(=O)O)CCNCC2)CCNCC1. The normalized spacial score (nSPS) is 17.6. The summed E-state index contributed by atoms with van der Waals surface area (Å²) in [5.74, 6) is -3.47. The first kappa shape index (κ1) is 41.5. The number of carboxylic acids is 1. The van der Waals surface area contributed by atoms with Gasteiger partial charge in [0.25, 0.3) is 0 Å². The highest BCUT2D eigenvalue weighted by Gasteiger charge is 2.43. The van der Waals surface area contributed by atoms with Crippen LogP contribution in [0.25, 0.3) is 20.9 Å². The first-order valence-corrected chi connectivity index (χ1v) is 21.0. The number of aliphatic carboxylic acids is 1. The number of amides is 4. The zero-order valence-corrected chi connectivity index (χ0v) is 33.6. The van der Waals surface area contributed by atoms with Crippen LogP contribution in [0.5, 0.6) is 0 Å². The molecule has 5 aromatic rings. The van der Waals surface area contributed by atoms with Crippen LogP contribution in [0.1, 0.15) is 42.4 Å². The van der Waals surface area contributed by atoms with Crippen LogP contribution in [0.2, 0.25) is 0 Å². The highest BCUT2D eigenvalue weighted by atomic mass is 32.1. The molecule has 1 aromatic heterocycles. The molecule has 0 saturated carbocycles. The van der Waals surface area contributed by atoms with E-state index in [9.17, 15) is 29.1 Å². The van der Waals surface area contributed by atoms with E-state index in [1.165, 1.54) is 11.3 Å². The summed E-state index contributed by atoms with van der Waals surface area (Å²) >= 11 is 1.51. The number of nitrogens with one attached hydrogen (secondary N) is 6. The Kier molecular flexibility index (Phi) is 13.0. The molecule has 2 aliphatic rings. The molecule has 13 nitrogen and oxygen atoms in total. The van der Waals surface area contributed by atoms with Crippen LogP contribution in [0.3, 0.4) is 0 Å². The average molecular weight is 818 g/mol. The number of hydrogen-bond acceptors (Lipinski definition) is 9. The van der Waals surface area contributed by atoms with E-state index in [1.807, 2.05) is 102 Å². The third-order valence-electron chi connectivity index (χ3n) is 11.6. The van der Waals surface area contributed by atoms with Crippen molar-refractivity contribution in [1.82, 2.24) is 31.9 Å². The summed E-state index contributed by atoms with van der Waals surface area (Å²) in [4.78, 5) is 70.1. The summed E-state index contributed by atoms with van der Waals surface area (Å²) in [5, 5.41) is 33.0. The maximum absolute atomic E-state index is 14.8. The van der Waals surface area contributed by atoms with Crippen LogP contribution in [0, 0.1) is 0 Å². The number of benzene rings is 4. The van der Waals surface area contributed by atoms with Crippen LogP contribution in [-0.4, -0.2) is 90.1 Å². The van der Waals surface area contributed by atoms with Crippen molar-refractivity contribution in [3.63, 3.8) is 0 Å². The Hall–Kier alpha value is -5.67. The molecule has 0 unspecified atom stereocenters. The van der Waals surface area contributed by atoms with E-state index in [0.717, 1.165) is 37.5 Å². The molecular formula is C45H51N7O6S. The maximum Gasteiger partial charge on any atom is 0.329 e. The molecule has 3 heterocycles. The average Bonchev–Trinajstić information content (AvgIpc) is 3.66. The fourth-order valence-corrected chi connectivity index (χ4v) is 9.07. The van der Waals surface area contributed by atoms with Gasteiger partial charge in [0.15, 0.2) is 0 Å². The Morgan fingerprint density at radius 1 is 0.627 bits per heavy atom. The van der Waals surface area contributed by atoms with Crippen molar-refractivity contribution in [2.24, 2.45) is 5.73 Å². The van der Waals surface area contributed by atoms with Gasteiger partial charge in [-0.2, -0.15) is 0 Å². The van der Waals surface area contributed by atoms with Gasteiger partial charge in [-0.25, -0.2) is 4.79 Å². The number of piperidine rings is 2. The first-order chi connectivity index (χ1) is 28.5. The Balaban J connectivity index is 1.21. The molecule has 4 amide bonds. The van der Waals surface area contributed by atoms with Gasteiger partial charge in [-0.15, -0.1) is 11.3 Å². The second-order valence-electron chi connectivity index (χ2n) is 15.7. The van der Waals surface area contributed by atoms with E-state index in [2.05, 4.69) is 31.9 Å². The van der Waals surface area contributed by atoms with Gasteiger partial charge in [-0.05, 0) is 96.2 Å². The Labute approximate surface area is 346 Å². The van der Waals surface area contributed by atoms with Crippen molar-refractivity contribution in [1.29, 1.82) is 0 Å². The molecule has 0 bridgehead atoms. The summed E-state index contributed by atoms with van der Waals surface area (Å²) < 4.78 is 1.00. The van der Waals surface area contributed by atoms with Crippen LogP contribution >= 0.6 is 11.3 Å². The lowest BCUT2D eigenvalue weighted by molar-refractivity contribution is -0.149. The first-order valence-electron chi connectivity index (χ1n) is 20.2. The van der Waals surface area contributed by atoms with E-state index >= 15 is 0 Å². The highest BCUT2D eigenvalue weighted by molar-refractivity contribution is 7.17. The smallest absolute Gasteiger partial charge is 0.329 e. The number of carbonyl (C=O) groups is 5. The topological polar surface area (TPSA) is 204 Å². The molecule has 2 saturated heterocycles. The number of carbonyl (C=O) groups excluding carboxylic acids is 4. The van der Waals surface area contributed by atoms with Gasteiger partial charge >= 0.3 is 5.97 Å². The van der Waals surface area contributed by atoms with Crippen molar-refractivity contribution in [2.45, 2.75) is 74.1 Å². The molecule has 4 aromatic carbocycles. The van der Waals surface area contributed by atoms with Crippen LogP contribution in [-0.2, 0) is 43.2 Å². The minimum atomic E-state index is -1.52. The van der Waals surface area contributed by atoms with Crippen molar-refractivity contribution in [2.75, 3.05) is 26.2 Å². The van der Waals surface area contributed by atoms with Gasteiger partial charge in [-0.3, -0.25) is 19.2 Å². The molecule has 3 atom stereocenters. The molecule has 2 aliphatic heterocycles. The highest BCUT2D eigenvalue weighted by Crippen LogP contribution is 2.28. The van der Waals surface area contributed by atoms with E-state index < -0.39 is 58.8 Å². The molecule has 308 valence electrons. The van der Waals surface area contributed by atoms with Crippen molar-refractivity contribution < 1.29 is 29.1 Å². The number of fused-ring (bicyclic) bond motifs is 2. The predicted molar refractivity (Wildman–Crippen MR) is 229 cm³/mol. The van der Waals surface area contributed by atoms with E-state index in [-0.39, 0.29) is 32.1 Å². The number of thiophene rings is 1. The van der Waals surface area contributed by atoms with Crippen molar-refractivity contribution in [3.05, 3.63) is 119 Å². The molecule has 14 heteroatoms. The monoisotopic (exact) mass is 817 g/mol. The second kappa shape index (κ2) is 18.5. The molecule has 7 rings (SSSR count). The molecule has 9 N–H and O–H groups in total. The van der Waals surface area contributed by atoms with E-state index in [1.54, 1.807) is 0 Å². The molecular weight excluding hydrogens is 767 g/mol. The summed E-state index contributed by atoms with van der Waals surface area (Å²) in [6.07, 6.45) is 1.40. The largest absolute Gasteiger partial charge is 0.480 e. The minimum Gasteiger partial charge on any atom is -0.480 e. The van der Waals surface area contributed by atoms with Gasteiger partial charge in [0.2, 0.25) is 23.6 Å². The van der Waals surface area contributed by atoms with Crippen LogP contribution < -0.4 is 37.6 Å². The Morgan fingerprint density at radius 3 is 1.88 bits per heavy atom. The standard InChI is InChI=1S/C45H51N7O6S/c46-44(17-21-47-22-18-44)42(56)51-35(25-29-9-2-1-3-10-29)39(53)49-36(26-31-13-8-12-30-11-4-5-14-33(30)31)40(54)50-37(27-32-28-59-38-16-7-6-15-34(32)38)41(55)52-45(43(57)58)19-23-48-24-20-45/h1-16,28,35-37,47-48H,17-27,46H2,(H,49,53)(H,50,54)(H,51,56)(H,52,55)(H,57,58)/t35-,36+,37+/m0/s1. The summed E-state index contributed by atoms with van der Waals surface area (Å²) in [5.41, 5.74) is 6.30. The lowest BCUT2D eigenvalue weighted by Gasteiger charge is -2.36. The van der Waals surface area contributed by atoms with Gasteiger partial charge < -0.3 is 42.7 Å².